The summed E-state index contributed by atoms with van der Waals surface area (Å²) < 4.78 is 5.38. The summed E-state index contributed by atoms with van der Waals surface area (Å²) in [5.74, 6) is 0.281. The molecule has 4 atom stereocenters. The lowest BCUT2D eigenvalue weighted by Crippen LogP contribution is -2.56. The van der Waals surface area contributed by atoms with E-state index in [9.17, 15) is 10.2 Å². The fourth-order valence-corrected chi connectivity index (χ4v) is 2.19. The van der Waals surface area contributed by atoms with Crippen molar-refractivity contribution in [3.05, 3.63) is 0 Å². The minimum Gasteiger partial charge on any atom is -0.394 e. The van der Waals surface area contributed by atoms with Crippen molar-refractivity contribution in [2.75, 3.05) is 20.3 Å². The smallest absolute Gasteiger partial charge is 0.202 e. The average molecular weight is 276 g/mol. The van der Waals surface area contributed by atoms with Gasteiger partial charge in [0, 0.05) is 7.05 Å². The van der Waals surface area contributed by atoms with E-state index >= 15 is 0 Å². The van der Waals surface area contributed by atoms with Crippen LogP contribution < -0.4 is 5.73 Å². The van der Waals surface area contributed by atoms with Crippen LogP contribution in [-0.4, -0.2) is 81.1 Å². The molecular weight excluding hydrogens is 260 g/mol. The maximum absolute atomic E-state index is 9.90. The highest BCUT2D eigenvalue weighted by molar-refractivity contribution is 7.80. The fourth-order valence-electron chi connectivity index (χ4n) is 1.94. The first-order chi connectivity index (χ1) is 8.45. The Labute approximate surface area is 109 Å². The van der Waals surface area contributed by atoms with Crippen molar-refractivity contribution < 1.29 is 20.1 Å². The summed E-state index contributed by atoms with van der Waals surface area (Å²) in [5, 5.41) is 28.8. The molecule has 2 aliphatic heterocycles. The number of nitrogens with zero attached hydrogens (tertiary/aromatic N) is 3. The molecule has 2 unspecified atom stereocenters. The second-order valence-corrected chi connectivity index (χ2v) is 4.66. The Bertz CT molecular complexity index is 380. The fraction of sp³-hybridized carbons (Fsp3) is 0.778. The van der Waals surface area contributed by atoms with E-state index in [0.29, 0.717) is 6.67 Å². The standard InChI is InChI=1S/C9H16N4O4S/c1-12-3-13(9(18)11-8(12)10)7-6(16)5(15)4(2-14)17-7/h4-7,14-16H,2-3H2,1H3,(H2,10,11,18)/t4-,5?,6?,7-/m1/s1. The van der Waals surface area contributed by atoms with Crippen LogP contribution in [-0.2, 0) is 4.74 Å². The van der Waals surface area contributed by atoms with Crippen LogP contribution in [0.15, 0.2) is 4.99 Å². The normalized spacial score (nSPS) is 37.1. The Morgan fingerprint density at radius 2 is 2.17 bits per heavy atom. The molecule has 2 heterocycles. The molecule has 9 heteroatoms. The van der Waals surface area contributed by atoms with Crippen molar-refractivity contribution in [2.24, 2.45) is 10.7 Å². The number of ether oxygens (including phenoxy) is 1. The highest BCUT2D eigenvalue weighted by atomic mass is 32.1. The SMILES string of the molecule is CN1CN([C@@H]2O[C@H](CO)C(O)C2O)C(=S)N=C1N. The van der Waals surface area contributed by atoms with Crippen LogP contribution in [0.1, 0.15) is 0 Å². The number of rotatable bonds is 2. The van der Waals surface area contributed by atoms with E-state index in [1.807, 2.05) is 0 Å². The average Bonchev–Trinajstić information content (AvgIpc) is 2.61. The molecule has 0 aromatic heterocycles. The van der Waals surface area contributed by atoms with Crippen LogP contribution in [0, 0.1) is 0 Å². The molecule has 0 amide bonds. The third-order valence-electron chi connectivity index (χ3n) is 3.04. The molecule has 1 fully saturated rings. The summed E-state index contributed by atoms with van der Waals surface area (Å²) in [6, 6.07) is 0. The van der Waals surface area contributed by atoms with Gasteiger partial charge in [-0.15, -0.1) is 0 Å². The molecule has 0 saturated carbocycles. The van der Waals surface area contributed by atoms with E-state index in [1.165, 1.54) is 4.90 Å². The lowest BCUT2D eigenvalue weighted by molar-refractivity contribution is -0.0789. The van der Waals surface area contributed by atoms with Crippen LogP contribution in [0.25, 0.3) is 0 Å². The first-order valence-corrected chi connectivity index (χ1v) is 5.85. The van der Waals surface area contributed by atoms with Crippen molar-refractivity contribution in [1.82, 2.24) is 9.80 Å². The molecular formula is C9H16N4O4S. The summed E-state index contributed by atoms with van der Waals surface area (Å²) in [6.45, 7) is -0.0860. The summed E-state index contributed by atoms with van der Waals surface area (Å²) in [4.78, 5) is 7.08. The Hall–Kier alpha value is -1.00. The van der Waals surface area contributed by atoms with Crippen molar-refractivity contribution >= 4 is 23.3 Å². The van der Waals surface area contributed by atoms with Gasteiger partial charge in [0.2, 0.25) is 5.11 Å². The van der Waals surface area contributed by atoms with E-state index in [4.69, 9.17) is 27.8 Å². The predicted molar refractivity (Wildman–Crippen MR) is 66.4 cm³/mol. The van der Waals surface area contributed by atoms with Crippen molar-refractivity contribution in [2.45, 2.75) is 24.5 Å². The second-order valence-electron chi connectivity index (χ2n) is 4.29. The van der Waals surface area contributed by atoms with Crippen LogP contribution in [0.2, 0.25) is 0 Å². The van der Waals surface area contributed by atoms with Gasteiger partial charge in [-0.3, -0.25) is 0 Å². The Morgan fingerprint density at radius 3 is 2.72 bits per heavy atom. The van der Waals surface area contributed by atoms with E-state index in [-0.39, 0.29) is 17.7 Å². The largest absolute Gasteiger partial charge is 0.394 e. The Balaban J connectivity index is 2.16. The molecule has 8 nitrogen and oxygen atoms in total. The minimum atomic E-state index is -1.16. The van der Waals surface area contributed by atoms with Gasteiger partial charge in [-0.1, -0.05) is 0 Å². The van der Waals surface area contributed by atoms with Crippen molar-refractivity contribution in [3.8, 4) is 0 Å². The summed E-state index contributed by atoms with van der Waals surface area (Å²) in [7, 11) is 1.72. The van der Waals surface area contributed by atoms with Crippen LogP contribution >= 0.6 is 12.2 Å². The molecule has 2 rings (SSSR count). The van der Waals surface area contributed by atoms with Crippen LogP contribution in [0.3, 0.4) is 0 Å². The Morgan fingerprint density at radius 1 is 1.50 bits per heavy atom. The van der Waals surface area contributed by atoms with Gasteiger partial charge in [-0.25, -0.2) is 0 Å². The maximum Gasteiger partial charge on any atom is 0.202 e. The molecule has 0 aromatic carbocycles. The zero-order valence-corrected chi connectivity index (χ0v) is 10.6. The Kier molecular flexibility index (Phi) is 3.69. The molecule has 5 N–H and O–H groups in total. The molecule has 1 saturated heterocycles. The number of aliphatic imine (C=N–C) groups is 1. The third-order valence-corrected chi connectivity index (χ3v) is 3.36. The molecule has 2 aliphatic rings. The van der Waals surface area contributed by atoms with Crippen molar-refractivity contribution in [1.29, 1.82) is 0 Å². The van der Waals surface area contributed by atoms with Crippen molar-refractivity contribution in [3.63, 3.8) is 0 Å². The third kappa shape index (κ3) is 2.15. The number of hydrogen-bond donors (Lipinski definition) is 4. The van der Waals surface area contributed by atoms with Crippen LogP contribution in [0.4, 0.5) is 0 Å². The first-order valence-electron chi connectivity index (χ1n) is 5.44. The van der Waals surface area contributed by atoms with Gasteiger partial charge in [0.1, 0.15) is 18.3 Å². The van der Waals surface area contributed by atoms with E-state index in [1.54, 1.807) is 11.9 Å². The van der Waals surface area contributed by atoms with Gasteiger partial charge < -0.3 is 35.6 Å². The van der Waals surface area contributed by atoms with E-state index in [0.717, 1.165) is 0 Å². The molecule has 102 valence electrons. The second kappa shape index (κ2) is 4.94. The zero-order chi connectivity index (χ0) is 13.4. The number of guanidine groups is 1. The van der Waals surface area contributed by atoms with Gasteiger partial charge in [0.25, 0.3) is 0 Å². The molecule has 0 aliphatic carbocycles. The summed E-state index contributed by atoms with van der Waals surface area (Å²) in [6.07, 6.45) is -4.00. The van der Waals surface area contributed by atoms with Gasteiger partial charge in [0.15, 0.2) is 12.2 Å². The predicted octanol–water partition coefficient (Wildman–Crippen LogP) is -2.77. The molecule has 0 aromatic rings. The highest BCUT2D eigenvalue weighted by Crippen LogP contribution is 2.25. The summed E-state index contributed by atoms with van der Waals surface area (Å²) in [5.41, 5.74) is 5.61. The molecule has 0 spiro atoms. The van der Waals surface area contributed by atoms with Gasteiger partial charge in [-0.2, -0.15) is 4.99 Å². The number of hydrogen-bond acceptors (Lipinski definition) is 7. The highest BCUT2D eigenvalue weighted by Gasteiger charge is 2.46. The lowest BCUT2D eigenvalue weighted by Gasteiger charge is -2.37. The molecule has 0 radical (unpaired) electrons. The van der Waals surface area contributed by atoms with E-state index in [2.05, 4.69) is 4.99 Å². The number of aliphatic hydroxyl groups excluding tert-OH is 3. The van der Waals surface area contributed by atoms with Gasteiger partial charge in [-0.05, 0) is 12.2 Å². The number of nitrogens with two attached hydrogens (primary N) is 1. The number of aliphatic hydroxyl groups is 3. The maximum atomic E-state index is 9.90. The van der Waals surface area contributed by atoms with E-state index < -0.39 is 24.5 Å². The molecule has 18 heavy (non-hydrogen) atoms. The van der Waals surface area contributed by atoms with Gasteiger partial charge >= 0.3 is 0 Å². The summed E-state index contributed by atoms with van der Waals surface area (Å²) >= 11 is 5.06. The number of thiocarbonyl (C=S) groups is 1. The quantitative estimate of drug-likeness (QED) is 0.401. The molecule has 0 bridgehead atoms. The zero-order valence-electron chi connectivity index (χ0n) is 9.80. The minimum absolute atomic E-state index is 0.181. The van der Waals surface area contributed by atoms with Crippen LogP contribution in [0.5, 0.6) is 0 Å². The first kappa shape index (κ1) is 13.4. The lowest BCUT2D eigenvalue weighted by atomic mass is 10.1. The van der Waals surface area contributed by atoms with Gasteiger partial charge in [0.05, 0.1) is 13.3 Å². The topological polar surface area (TPSA) is 115 Å². The monoisotopic (exact) mass is 276 g/mol.